The van der Waals surface area contributed by atoms with Crippen molar-refractivity contribution in [2.24, 2.45) is 0 Å². The molecule has 0 aromatic heterocycles. The van der Waals surface area contributed by atoms with E-state index in [0.717, 1.165) is 13.1 Å². The first kappa shape index (κ1) is 10.6. The monoisotopic (exact) mass is 159 g/mol. The molecule has 0 aliphatic carbocycles. The molecule has 1 amide bonds. The van der Waals surface area contributed by atoms with Crippen molar-refractivity contribution < 1.29 is 4.79 Å². The summed E-state index contributed by atoms with van der Waals surface area (Å²) in [5, 5.41) is 1.49. The minimum Gasteiger partial charge on any atom is -0.308 e. The van der Waals surface area contributed by atoms with Gasteiger partial charge in [0, 0.05) is 6.54 Å². The Bertz CT molecular complexity index is 125. The molecule has 0 saturated carbocycles. The third kappa shape index (κ3) is 5.97. The summed E-state index contributed by atoms with van der Waals surface area (Å²) in [6, 6.07) is 0. The van der Waals surface area contributed by atoms with Gasteiger partial charge >= 0.3 is 5.91 Å². The van der Waals surface area contributed by atoms with E-state index in [9.17, 15) is 4.79 Å². The Morgan fingerprint density at radius 3 is 2.45 bits per heavy atom. The van der Waals surface area contributed by atoms with Crippen molar-refractivity contribution in [3.05, 3.63) is 0 Å². The molecule has 0 bridgehead atoms. The first-order valence-corrected chi connectivity index (χ1v) is 3.66. The van der Waals surface area contributed by atoms with Crippen molar-refractivity contribution >= 4 is 5.91 Å². The van der Waals surface area contributed by atoms with Crippen LogP contribution in [0.1, 0.15) is 6.92 Å². The first-order chi connectivity index (χ1) is 5.04. The van der Waals surface area contributed by atoms with Gasteiger partial charge in [0.2, 0.25) is 0 Å². The highest BCUT2D eigenvalue weighted by molar-refractivity contribution is 5.74. The Kier molecular flexibility index (Phi) is 5.02. The number of hydrogen-bond donors (Lipinski definition) is 1. The molecule has 65 valence electrons. The van der Waals surface area contributed by atoms with Crippen LogP contribution in [0, 0.1) is 0 Å². The molecule has 0 heterocycles. The highest BCUT2D eigenvalue weighted by atomic mass is 16.2. The number of likely N-dealkylation sites (N-methyl/N-ethyl adjacent to an activating group) is 1. The normalized spacial score (nSPS) is 11.1. The molecule has 4 nitrogen and oxygen atoms in total. The Hall–Kier alpha value is -0.450. The van der Waals surface area contributed by atoms with Gasteiger partial charge in [0.05, 0.1) is 13.5 Å². The van der Waals surface area contributed by atoms with E-state index in [0.29, 0.717) is 0 Å². The molecule has 1 radical (unpaired) electrons. The van der Waals surface area contributed by atoms with Crippen LogP contribution in [-0.2, 0) is 4.79 Å². The molecule has 0 fully saturated rings. The van der Waals surface area contributed by atoms with Crippen molar-refractivity contribution in [3.8, 4) is 0 Å². The minimum absolute atomic E-state index is 0.0313. The second-order valence-corrected chi connectivity index (χ2v) is 2.79. The maximum atomic E-state index is 10.7. The summed E-state index contributed by atoms with van der Waals surface area (Å²) in [5.41, 5.74) is 2.96. The van der Waals surface area contributed by atoms with Crippen LogP contribution in [0.15, 0.2) is 0 Å². The lowest BCUT2D eigenvalue weighted by molar-refractivity contribution is -0.124. The highest BCUT2D eigenvalue weighted by Crippen LogP contribution is 1.73. The average molecular weight is 159 g/mol. The molecule has 0 unspecified atom stereocenters. The Balaban J connectivity index is 3.31. The predicted octanol–water partition coefficient (Wildman–Crippen LogP) is -0.631. The zero-order valence-electron chi connectivity index (χ0n) is 7.72. The van der Waals surface area contributed by atoms with Gasteiger partial charge in [-0.05, 0) is 19.1 Å². The van der Waals surface area contributed by atoms with Crippen molar-refractivity contribution in [1.82, 2.24) is 15.3 Å². The fourth-order valence-corrected chi connectivity index (χ4v) is 0.553. The summed E-state index contributed by atoms with van der Waals surface area (Å²) < 4.78 is 0. The lowest BCUT2D eigenvalue weighted by Crippen LogP contribution is -2.46. The van der Waals surface area contributed by atoms with E-state index in [-0.39, 0.29) is 5.91 Å². The molecule has 0 rings (SSSR count). The quantitative estimate of drug-likeness (QED) is 0.438. The molecule has 4 heteroatoms. The van der Waals surface area contributed by atoms with Crippen molar-refractivity contribution in [3.63, 3.8) is 0 Å². The van der Waals surface area contributed by atoms with E-state index < -0.39 is 0 Å². The van der Waals surface area contributed by atoms with Gasteiger partial charge in [-0.25, -0.2) is 4.79 Å². The Morgan fingerprint density at radius 1 is 1.55 bits per heavy atom. The number of rotatable bonds is 4. The lowest BCUT2D eigenvalue weighted by atomic mass is 10.6. The Labute approximate surface area is 68.1 Å². The predicted molar refractivity (Wildman–Crippen MR) is 45.3 cm³/mol. The van der Waals surface area contributed by atoms with Gasteiger partial charge in [-0.1, -0.05) is 0 Å². The molecule has 0 aliphatic rings. The van der Waals surface area contributed by atoms with E-state index in [1.807, 2.05) is 14.1 Å². The molecular weight excluding hydrogens is 142 g/mol. The van der Waals surface area contributed by atoms with Gasteiger partial charge in [-0.2, -0.15) is 0 Å². The number of carbonyl (C=O) groups excluding carboxylic acids is 1. The van der Waals surface area contributed by atoms with E-state index in [4.69, 9.17) is 0 Å². The number of hydrogen-bond acceptors (Lipinski definition) is 3. The fraction of sp³-hybridized carbons (Fsp3) is 0.857. The van der Waals surface area contributed by atoms with Crippen LogP contribution < -0.4 is 10.4 Å². The zero-order chi connectivity index (χ0) is 8.85. The van der Waals surface area contributed by atoms with Crippen LogP contribution in [-0.4, -0.2) is 45.0 Å². The van der Waals surface area contributed by atoms with Crippen LogP contribution in [0.5, 0.6) is 0 Å². The fourth-order valence-electron chi connectivity index (χ4n) is 0.553. The topological polar surface area (TPSA) is 38.2 Å². The van der Waals surface area contributed by atoms with Crippen molar-refractivity contribution in [1.29, 1.82) is 0 Å². The van der Waals surface area contributed by atoms with Crippen LogP contribution >= 0.6 is 0 Å². The molecule has 11 heavy (non-hydrogen) atoms. The van der Waals surface area contributed by atoms with E-state index in [2.05, 4.69) is 10.3 Å². The number of carbonyl (C=O) groups is 1. The smallest absolute Gasteiger partial charge is 0.308 e. The largest absolute Gasteiger partial charge is 0.379 e. The SMILES string of the molecule is CC(=O)[N+](C)NCCN(C)C. The van der Waals surface area contributed by atoms with Crippen LogP contribution in [0.3, 0.4) is 0 Å². The standard InChI is InChI=1S/C7H17N3O/c1-7(11)10(4)8-5-6-9(2)3/h8H,5-6H2,1-4H3/q+1. The van der Waals surface area contributed by atoms with Crippen LogP contribution in [0.4, 0.5) is 0 Å². The highest BCUT2D eigenvalue weighted by Gasteiger charge is 2.13. The second-order valence-electron chi connectivity index (χ2n) is 2.79. The van der Waals surface area contributed by atoms with Crippen molar-refractivity contribution in [2.45, 2.75) is 6.92 Å². The third-order valence-corrected chi connectivity index (χ3v) is 1.38. The third-order valence-electron chi connectivity index (χ3n) is 1.38. The average Bonchev–Trinajstić information content (AvgIpc) is 1.86. The summed E-state index contributed by atoms with van der Waals surface area (Å²) >= 11 is 0. The van der Waals surface area contributed by atoms with Gasteiger partial charge in [0.1, 0.15) is 7.05 Å². The summed E-state index contributed by atoms with van der Waals surface area (Å²) in [7, 11) is 5.71. The summed E-state index contributed by atoms with van der Waals surface area (Å²) in [6.45, 7) is 3.25. The number of amides is 1. The first-order valence-electron chi connectivity index (χ1n) is 3.66. The van der Waals surface area contributed by atoms with E-state index >= 15 is 0 Å². The maximum absolute atomic E-state index is 10.7. The summed E-state index contributed by atoms with van der Waals surface area (Å²) in [5.74, 6) is 0.0313. The number of nitrogens with zero attached hydrogens (tertiary/aromatic N) is 2. The zero-order valence-corrected chi connectivity index (χ0v) is 7.72. The molecule has 0 aromatic rings. The molecular formula is C7H17N3O+. The van der Waals surface area contributed by atoms with E-state index in [1.54, 1.807) is 7.05 Å². The Morgan fingerprint density at radius 2 is 2.09 bits per heavy atom. The number of nitrogens with one attached hydrogen (secondary N) is 1. The minimum atomic E-state index is 0.0313. The number of hydrazine groups is 1. The molecule has 0 saturated heterocycles. The molecule has 1 N–H and O–H groups in total. The molecule has 0 atom stereocenters. The van der Waals surface area contributed by atoms with Crippen molar-refractivity contribution in [2.75, 3.05) is 34.2 Å². The van der Waals surface area contributed by atoms with Gasteiger partial charge in [-0.3, -0.25) is 0 Å². The summed E-state index contributed by atoms with van der Waals surface area (Å²) in [6.07, 6.45) is 0. The molecule has 0 spiro atoms. The van der Waals surface area contributed by atoms with Gasteiger partial charge < -0.3 is 4.90 Å². The molecule has 0 aliphatic heterocycles. The van der Waals surface area contributed by atoms with Gasteiger partial charge in [0.15, 0.2) is 0 Å². The van der Waals surface area contributed by atoms with Gasteiger partial charge in [0.25, 0.3) is 0 Å². The summed E-state index contributed by atoms with van der Waals surface area (Å²) in [4.78, 5) is 12.7. The maximum Gasteiger partial charge on any atom is 0.379 e. The van der Waals surface area contributed by atoms with E-state index in [1.165, 1.54) is 11.9 Å². The van der Waals surface area contributed by atoms with Crippen LogP contribution in [0.2, 0.25) is 0 Å². The molecule has 0 aromatic carbocycles. The van der Waals surface area contributed by atoms with Crippen LogP contribution in [0.25, 0.3) is 0 Å². The second kappa shape index (κ2) is 5.23. The van der Waals surface area contributed by atoms with Gasteiger partial charge in [-0.15, -0.1) is 5.43 Å². The lowest BCUT2D eigenvalue weighted by Gasteiger charge is -2.08.